The molecule has 0 radical (unpaired) electrons. The molecule has 1 N–H and O–H groups in total. The number of aromatic nitrogens is 2. The first-order valence-corrected chi connectivity index (χ1v) is 10.4. The SMILES string of the molecule is O=C(CCc1ccccc1)Nc1nnc(SCc2ccc(Cl)cc2Cl)s1. The fraction of sp³-hybridized carbons (Fsp3) is 0.167. The van der Waals surface area contributed by atoms with Crippen LogP contribution in [0.2, 0.25) is 10.0 Å². The highest BCUT2D eigenvalue weighted by atomic mass is 35.5. The molecule has 0 aliphatic carbocycles. The summed E-state index contributed by atoms with van der Waals surface area (Å²) in [5.41, 5.74) is 2.11. The van der Waals surface area contributed by atoms with Gasteiger partial charge >= 0.3 is 0 Å². The Labute approximate surface area is 169 Å². The summed E-state index contributed by atoms with van der Waals surface area (Å²) < 4.78 is 0.773. The van der Waals surface area contributed by atoms with E-state index in [-0.39, 0.29) is 5.91 Å². The lowest BCUT2D eigenvalue weighted by atomic mass is 10.1. The molecule has 1 amide bonds. The van der Waals surface area contributed by atoms with Crippen molar-refractivity contribution in [3.05, 3.63) is 69.7 Å². The molecule has 26 heavy (non-hydrogen) atoms. The highest BCUT2D eigenvalue weighted by Crippen LogP contribution is 2.31. The minimum Gasteiger partial charge on any atom is -0.300 e. The van der Waals surface area contributed by atoms with Crippen molar-refractivity contribution in [3.63, 3.8) is 0 Å². The van der Waals surface area contributed by atoms with E-state index < -0.39 is 0 Å². The molecule has 1 heterocycles. The largest absolute Gasteiger partial charge is 0.300 e. The second-order valence-electron chi connectivity index (χ2n) is 5.43. The number of rotatable bonds is 7. The van der Waals surface area contributed by atoms with E-state index in [1.54, 1.807) is 6.07 Å². The summed E-state index contributed by atoms with van der Waals surface area (Å²) in [4.78, 5) is 12.0. The number of amides is 1. The van der Waals surface area contributed by atoms with Crippen molar-refractivity contribution in [2.24, 2.45) is 0 Å². The molecule has 0 bridgehead atoms. The highest BCUT2D eigenvalue weighted by Gasteiger charge is 2.10. The maximum Gasteiger partial charge on any atom is 0.226 e. The second-order valence-corrected chi connectivity index (χ2v) is 8.47. The number of carbonyl (C=O) groups is 1. The summed E-state index contributed by atoms with van der Waals surface area (Å²) in [5.74, 6) is 0.592. The van der Waals surface area contributed by atoms with Crippen LogP contribution >= 0.6 is 46.3 Å². The van der Waals surface area contributed by atoms with Crippen LogP contribution in [0.25, 0.3) is 0 Å². The Bertz CT molecular complexity index is 887. The van der Waals surface area contributed by atoms with Gasteiger partial charge in [0.2, 0.25) is 11.0 Å². The minimum atomic E-state index is -0.0673. The number of thioether (sulfide) groups is 1. The number of hydrogen-bond acceptors (Lipinski definition) is 5. The van der Waals surface area contributed by atoms with Crippen molar-refractivity contribution in [2.45, 2.75) is 22.9 Å². The van der Waals surface area contributed by atoms with E-state index in [1.165, 1.54) is 23.1 Å². The van der Waals surface area contributed by atoms with E-state index in [0.29, 0.717) is 33.8 Å². The predicted octanol–water partition coefficient (Wildman–Crippen LogP) is 5.71. The van der Waals surface area contributed by atoms with Crippen molar-refractivity contribution in [2.75, 3.05) is 5.32 Å². The normalized spacial score (nSPS) is 10.7. The molecule has 0 unspecified atom stereocenters. The molecule has 134 valence electrons. The summed E-state index contributed by atoms with van der Waals surface area (Å²) in [5, 5.41) is 12.7. The van der Waals surface area contributed by atoms with Crippen LogP contribution in [0.5, 0.6) is 0 Å². The molecule has 3 aromatic rings. The Morgan fingerprint density at radius 1 is 1.12 bits per heavy atom. The summed E-state index contributed by atoms with van der Waals surface area (Å²) in [6.07, 6.45) is 1.11. The summed E-state index contributed by atoms with van der Waals surface area (Å²) in [6.45, 7) is 0. The number of anilines is 1. The molecule has 0 saturated heterocycles. The molecule has 1 aromatic heterocycles. The van der Waals surface area contributed by atoms with Gasteiger partial charge < -0.3 is 5.32 Å². The monoisotopic (exact) mass is 423 g/mol. The summed E-state index contributed by atoms with van der Waals surface area (Å²) in [6, 6.07) is 15.3. The maximum atomic E-state index is 12.0. The van der Waals surface area contributed by atoms with E-state index in [2.05, 4.69) is 15.5 Å². The van der Waals surface area contributed by atoms with Crippen LogP contribution < -0.4 is 5.32 Å². The first-order valence-electron chi connectivity index (χ1n) is 7.84. The average Bonchev–Trinajstić information content (AvgIpc) is 3.07. The lowest BCUT2D eigenvalue weighted by Gasteiger charge is -2.02. The van der Waals surface area contributed by atoms with Gasteiger partial charge in [0.15, 0.2) is 4.34 Å². The fourth-order valence-corrected chi connectivity index (χ4v) is 4.51. The Balaban J connectivity index is 1.48. The second kappa shape index (κ2) is 9.37. The lowest BCUT2D eigenvalue weighted by molar-refractivity contribution is -0.116. The zero-order valence-electron chi connectivity index (χ0n) is 13.6. The number of carbonyl (C=O) groups excluding carboxylic acids is 1. The van der Waals surface area contributed by atoms with Crippen molar-refractivity contribution < 1.29 is 4.79 Å². The van der Waals surface area contributed by atoms with Crippen LogP contribution in [0.15, 0.2) is 52.9 Å². The topological polar surface area (TPSA) is 54.9 Å². The van der Waals surface area contributed by atoms with Gasteiger partial charge in [-0.15, -0.1) is 10.2 Å². The van der Waals surface area contributed by atoms with Crippen LogP contribution in [0.3, 0.4) is 0 Å². The van der Waals surface area contributed by atoms with Gasteiger partial charge in [-0.2, -0.15) is 0 Å². The van der Waals surface area contributed by atoms with Crippen LogP contribution in [0.1, 0.15) is 17.5 Å². The van der Waals surface area contributed by atoms with Gasteiger partial charge in [-0.25, -0.2) is 0 Å². The van der Waals surface area contributed by atoms with E-state index >= 15 is 0 Å². The van der Waals surface area contributed by atoms with Gasteiger partial charge in [0, 0.05) is 22.2 Å². The predicted molar refractivity (Wildman–Crippen MR) is 109 cm³/mol. The third-order valence-electron chi connectivity index (χ3n) is 3.50. The molecular formula is C18H15Cl2N3OS2. The first kappa shape index (κ1) is 19.2. The Morgan fingerprint density at radius 2 is 1.92 bits per heavy atom. The molecule has 2 aromatic carbocycles. The van der Waals surface area contributed by atoms with Crippen molar-refractivity contribution in [3.8, 4) is 0 Å². The van der Waals surface area contributed by atoms with Crippen molar-refractivity contribution in [1.82, 2.24) is 10.2 Å². The average molecular weight is 424 g/mol. The molecule has 4 nitrogen and oxygen atoms in total. The van der Waals surface area contributed by atoms with E-state index in [1.807, 2.05) is 42.5 Å². The third kappa shape index (κ3) is 5.71. The number of nitrogens with zero attached hydrogens (tertiary/aromatic N) is 2. The molecule has 0 aliphatic heterocycles. The van der Waals surface area contributed by atoms with E-state index in [4.69, 9.17) is 23.2 Å². The number of halogens is 2. The number of hydrogen-bond donors (Lipinski definition) is 1. The standard InChI is InChI=1S/C18H15Cl2N3OS2/c19-14-8-7-13(15(20)10-14)11-25-18-23-22-17(26-18)21-16(24)9-6-12-4-2-1-3-5-12/h1-5,7-8,10H,6,9,11H2,(H,21,22,24). The zero-order chi connectivity index (χ0) is 18.4. The molecule has 0 saturated carbocycles. The first-order chi connectivity index (χ1) is 12.6. The Morgan fingerprint density at radius 3 is 2.69 bits per heavy atom. The van der Waals surface area contributed by atoms with Crippen molar-refractivity contribution >= 4 is 57.3 Å². The molecule has 0 aliphatic rings. The summed E-state index contributed by atoms with van der Waals surface area (Å²) >= 11 is 14.9. The quantitative estimate of drug-likeness (QED) is 0.390. The number of benzene rings is 2. The van der Waals surface area contributed by atoms with Gasteiger partial charge in [-0.3, -0.25) is 4.79 Å². The molecule has 0 fully saturated rings. The van der Waals surface area contributed by atoms with Gasteiger partial charge in [0.05, 0.1) is 0 Å². The molecule has 0 spiro atoms. The van der Waals surface area contributed by atoms with Gasteiger partial charge in [-0.05, 0) is 29.7 Å². The van der Waals surface area contributed by atoms with E-state index in [0.717, 1.165) is 15.5 Å². The Kier molecular flexibility index (Phi) is 6.91. The molecule has 8 heteroatoms. The molecular weight excluding hydrogens is 409 g/mol. The fourth-order valence-electron chi connectivity index (χ4n) is 2.18. The van der Waals surface area contributed by atoms with E-state index in [9.17, 15) is 4.79 Å². The van der Waals surface area contributed by atoms with Gasteiger partial charge in [0.25, 0.3) is 0 Å². The number of nitrogens with one attached hydrogen (secondary N) is 1. The van der Waals surface area contributed by atoms with Crippen LogP contribution in [0, 0.1) is 0 Å². The van der Waals surface area contributed by atoms with Crippen LogP contribution in [-0.4, -0.2) is 16.1 Å². The third-order valence-corrected chi connectivity index (χ3v) is 6.11. The van der Waals surface area contributed by atoms with Crippen LogP contribution in [-0.2, 0) is 17.0 Å². The zero-order valence-corrected chi connectivity index (χ0v) is 16.8. The van der Waals surface area contributed by atoms with Crippen LogP contribution in [0.4, 0.5) is 5.13 Å². The summed E-state index contributed by atoms with van der Waals surface area (Å²) in [7, 11) is 0. The van der Waals surface area contributed by atoms with Crippen molar-refractivity contribution in [1.29, 1.82) is 0 Å². The lowest BCUT2D eigenvalue weighted by Crippen LogP contribution is -2.12. The Hall–Kier alpha value is -1.60. The van der Waals surface area contributed by atoms with Gasteiger partial charge in [-0.1, -0.05) is 82.7 Å². The maximum absolute atomic E-state index is 12.0. The molecule has 0 atom stereocenters. The minimum absolute atomic E-state index is 0.0673. The smallest absolute Gasteiger partial charge is 0.226 e. The van der Waals surface area contributed by atoms with Gasteiger partial charge in [0.1, 0.15) is 0 Å². The molecule has 3 rings (SSSR count). The number of aryl methyl sites for hydroxylation is 1. The highest BCUT2D eigenvalue weighted by molar-refractivity contribution is 8.00.